The maximum Gasteiger partial charge on any atom is 0.303 e. The zero-order valence-corrected chi connectivity index (χ0v) is 11.0. The van der Waals surface area contributed by atoms with Crippen molar-refractivity contribution in [3.05, 3.63) is 0 Å². The Labute approximate surface area is 106 Å². The van der Waals surface area contributed by atoms with Crippen molar-refractivity contribution in [2.24, 2.45) is 0 Å². The lowest BCUT2D eigenvalue weighted by molar-refractivity contribution is -0.298. The topological polar surface area (TPSA) is 83.5 Å². The number of hydrogen-bond donors (Lipinski definition) is 1. The second-order valence-corrected chi connectivity index (χ2v) is 4.00. The molecule has 1 aliphatic rings. The van der Waals surface area contributed by atoms with Gasteiger partial charge in [-0.15, -0.1) is 0 Å². The van der Waals surface area contributed by atoms with E-state index in [1.807, 2.05) is 0 Å². The largest absolute Gasteiger partial charge is 0.457 e. The minimum Gasteiger partial charge on any atom is -0.457 e. The first-order valence-corrected chi connectivity index (χ1v) is 5.60. The first-order chi connectivity index (χ1) is 8.54. The highest BCUT2D eigenvalue weighted by Crippen LogP contribution is 2.26. The summed E-state index contributed by atoms with van der Waals surface area (Å²) in [5.74, 6) is -0.477. The van der Waals surface area contributed by atoms with Crippen LogP contribution in [0.25, 0.3) is 0 Å². The number of methoxy groups -OCH3 is 3. The monoisotopic (exact) mass is 264 g/mol. The van der Waals surface area contributed by atoms with Crippen LogP contribution in [0.4, 0.5) is 0 Å². The highest BCUT2D eigenvalue weighted by molar-refractivity contribution is 5.66. The molecule has 7 heteroatoms. The first-order valence-electron chi connectivity index (χ1n) is 5.60. The number of carbonyl (C=O) groups is 1. The van der Waals surface area contributed by atoms with E-state index < -0.39 is 36.7 Å². The molecule has 0 saturated carbocycles. The lowest BCUT2D eigenvalue weighted by atomic mass is 9.98. The van der Waals surface area contributed by atoms with Crippen LogP contribution < -0.4 is 0 Å². The van der Waals surface area contributed by atoms with Crippen molar-refractivity contribution >= 4 is 5.97 Å². The van der Waals surface area contributed by atoms with Gasteiger partial charge in [-0.2, -0.15) is 0 Å². The molecular weight excluding hydrogens is 244 g/mol. The van der Waals surface area contributed by atoms with E-state index in [-0.39, 0.29) is 6.61 Å². The van der Waals surface area contributed by atoms with Crippen LogP contribution in [0.2, 0.25) is 0 Å². The third-order valence-corrected chi connectivity index (χ3v) is 2.79. The van der Waals surface area contributed by atoms with E-state index >= 15 is 0 Å². The minimum atomic E-state index is -1.20. The maximum absolute atomic E-state index is 11.1. The van der Waals surface area contributed by atoms with Gasteiger partial charge in [0.15, 0.2) is 12.4 Å². The number of aliphatic hydroxyl groups excluding tert-OH is 1. The van der Waals surface area contributed by atoms with E-state index in [0.29, 0.717) is 0 Å². The fourth-order valence-electron chi connectivity index (χ4n) is 2.06. The third kappa shape index (κ3) is 3.39. The van der Waals surface area contributed by atoms with Crippen molar-refractivity contribution in [1.29, 1.82) is 0 Å². The van der Waals surface area contributed by atoms with Gasteiger partial charge >= 0.3 is 5.97 Å². The van der Waals surface area contributed by atoms with E-state index in [2.05, 4.69) is 0 Å². The lowest BCUT2D eigenvalue weighted by Gasteiger charge is -2.42. The van der Waals surface area contributed by atoms with E-state index in [1.54, 1.807) is 0 Å². The molecule has 1 N–H and O–H groups in total. The fraction of sp³-hybridized carbons (Fsp3) is 0.909. The van der Waals surface area contributed by atoms with Crippen LogP contribution in [0.1, 0.15) is 6.92 Å². The Balaban J connectivity index is 2.89. The van der Waals surface area contributed by atoms with Gasteiger partial charge in [0.25, 0.3) is 0 Å². The summed E-state index contributed by atoms with van der Waals surface area (Å²) in [5, 5.41) is 9.81. The molecule has 7 nitrogen and oxygen atoms in total. The van der Waals surface area contributed by atoms with Gasteiger partial charge in [-0.1, -0.05) is 0 Å². The average molecular weight is 264 g/mol. The standard InChI is InChI=1S/C11H20O7/c1-6(12)17-9-8(15-3)7(5-14-2)18-11(13)10(9)16-4/h7-11,13H,5H2,1-4H3/t7?,8-,9?,10?,11-/m1/s1. The normalized spacial score (nSPS) is 36.4. The molecule has 1 fully saturated rings. The fourth-order valence-corrected chi connectivity index (χ4v) is 2.06. The van der Waals surface area contributed by atoms with Crippen molar-refractivity contribution < 1.29 is 33.6 Å². The van der Waals surface area contributed by atoms with Crippen LogP contribution in [0.15, 0.2) is 0 Å². The molecule has 0 aromatic heterocycles. The van der Waals surface area contributed by atoms with E-state index in [0.717, 1.165) is 0 Å². The number of carbonyl (C=O) groups excluding carboxylic acids is 1. The van der Waals surface area contributed by atoms with Crippen molar-refractivity contribution in [3.8, 4) is 0 Å². The number of rotatable bonds is 5. The molecule has 5 atom stereocenters. The van der Waals surface area contributed by atoms with Gasteiger partial charge in [0.1, 0.15) is 18.3 Å². The molecule has 0 spiro atoms. The van der Waals surface area contributed by atoms with E-state index in [1.165, 1.54) is 28.3 Å². The molecule has 3 unspecified atom stereocenters. The Morgan fingerprint density at radius 2 is 1.78 bits per heavy atom. The van der Waals surface area contributed by atoms with Gasteiger partial charge < -0.3 is 28.8 Å². The molecule has 18 heavy (non-hydrogen) atoms. The second kappa shape index (κ2) is 7.01. The van der Waals surface area contributed by atoms with Gasteiger partial charge in [-0.05, 0) is 0 Å². The van der Waals surface area contributed by atoms with Crippen LogP contribution >= 0.6 is 0 Å². The SMILES string of the molecule is COCC1O[C@@H](O)C(OC)C(OC(C)=O)[C@@H]1OC. The van der Waals surface area contributed by atoms with Gasteiger partial charge in [0, 0.05) is 28.3 Å². The van der Waals surface area contributed by atoms with Crippen molar-refractivity contribution in [3.63, 3.8) is 0 Å². The molecule has 106 valence electrons. The van der Waals surface area contributed by atoms with Crippen molar-refractivity contribution in [2.75, 3.05) is 27.9 Å². The molecule has 1 heterocycles. The summed E-state index contributed by atoms with van der Waals surface area (Å²) >= 11 is 0. The highest BCUT2D eigenvalue weighted by Gasteiger charge is 2.48. The zero-order valence-electron chi connectivity index (χ0n) is 11.0. The summed E-state index contributed by atoms with van der Waals surface area (Å²) in [7, 11) is 4.38. The molecule has 0 amide bonds. The number of aliphatic hydroxyl groups is 1. The molecule has 1 rings (SSSR count). The summed E-state index contributed by atoms with van der Waals surface area (Å²) in [6, 6.07) is 0. The predicted molar refractivity (Wildman–Crippen MR) is 59.9 cm³/mol. The first kappa shape index (κ1) is 15.3. The van der Waals surface area contributed by atoms with E-state index in [9.17, 15) is 9.90 Å². The molecular formula is C11H20O7. The highest BCUT2D eigenvalue weighted by atomic mass is 16.7. The number of esters is 1. The van der Waals surface area contributed by atoms with Crippen LogP contribution in [-0.2, 0) is 28.5 Å². The molecule has 1 aliphatic heterocycles. The summed E-state index contributed by atoms with van der Waals surface area (Å²) in [4.78, 5) is 11.1. The van der Waals surface area contributed by atoms with Gasteiger partial charge in [0.2, 0.25) is 0 Å². The van der Waals surface area contributed by atoms with Crippen LogP contribution in [0.5, 0.6) is 0 Å². The number of hydrogen-bond acceptors (Lipinski definition) is 7. The predicted octanol–water partition coefficient (Wildman–Crippen LogP) is -0.688. The van der Waals surface area contributed by atoms with Crippen molar-refractivity contribution in [2.45, 2.75) is 37.6 Å². The molecule has 0 aromatic rings. The van der Waals surface area contributed by atoms with Crippen LogP contribution in [0.3, 0.4) is 0 Å². The zero-order chi connectivity index (χ0) is 13.7. The van der Waals surface area contributed by atoms with Crippen LogP contribution in [0, 0.1) is 0 Å². The maximum atomic E-state index is 11.1. The molecule has 0 aromatic carbocycles. The summed E-state index contributed by atoms with van der Waals surface area (Å²) < 4.78 is 25.9. The molecule has 1 saturated heterocycles. The average Bonchev–Trinajstić information content (AvgIpc) is 2.29. The van der Waals surface area contributed by atoms with E-state index in [4.69, 9.17) is 23.7 Å². The Bertz CT molecular complexity index is 270. The Morgan fingerprint density at radius 3 is 2.22 bits per heavy atom. The van der Waals surface area contributed by atoms with Gasteiger partial charge in [-0.3, -0.25) is 4.79 Å². The Hall–Kier alpha value is -0.730. The Morgan fingerprint density at radius 1 is 1.17 bits per heavy atom. The smallest absolute Gasteiger partial charge is 0.303 e. The Kier molecular flexibility index (Phi) is 5.97. The quantitative estimate of drug-likeness (QED) is 0.658. The molecule has 0 aliphatic carbocycles. The minimum absolute atomic E-state index is 0.212. The molecule has 0 bridgehead atoms. The summed E-state index contributed by atoms with van der Waals surface area (Å²) in [5.41, 5.74) is 0. The summed E-state index contributed by atoms with van der Waals surface area (Å²) in [6.07, 6.45) is -3.85. The summed E-state index contributed by atoms with van der Waals surface area (Å²) in [6.45, 7) is 1.50. The molecule has 0 radical (unpaired) electrons. The third-order valence-electron chi connectivity index (χ3n) is 2.79. The second-order valence-electron chi connectivity index (χ2n) is 4.00. The van der Waals surface area contributed by atoms with Crippen molar-refractivity contribution in [1.82, 2.24) is 0 Å². The van der Waals surface area contributed by atoms with Crippen LogP contribution in [-0.4, -0.2) is 69.7 Å². The lowest BCUT2D eigenvalue weighted by Crippen LogP contribution is -2.61. The van der Waals surface area contributed by atoms with Gasteiger partial charge in [-0.25, -0.2) is 0 Å². The van der Waals surface area contributed by atoms with Gasteiger partial charge in [0.05, 0.1) is 6.61 Å². The number of ether oxygens (including phenoxy) is 5.